The molecule has 3 aromatic rings. The van der Waals surface area contributed by atoms with Gasteiger partial charge in [0.2, 0.25) is 0 Å². The van der Waals surface area contributed by atoms with E-state index in [9.17, 15) is 4.79 Å². The Bertz CT molecular complexity index is 1100. The summed E-state index contributed by atoms with van der Waals surface area (Å²) in [6.45, 7) is 12.5. The second kappa shape index (κ2) is 8.75. The van der Waals surface area contributed by atoms with E-state index in [1.807, 2.05) is 80.6 Å². The molecule has 0 saturated carbocycles. The zero-order valence-corrected chi connectivity index (χ0v) is 18.4. The van der Waals surface area contributed by atoms with Crippen molar-refractivity contribution < 1.29 is 19.0 Å². The number of carbonyl (C=O) groups is 1. The van der Waals surface area contributed by atoms with Gasteiger partial charge in [0.05, 0.1) is 5.56 Å². The summed E-state index contributed by atoms with van der Waals surface area (Å²) in [4.78, 5) is 12.8. The Labute approximate surface area is 188 Å². The number of esters is 1. The van der Waals surface area contributed by atoms with Gasteiger partial charge in [-0.25, -0.2) is 4.79 Å². The monoisotopic (exact) mass is 426 g/mol. The van der Waals surface area contributed by atoms with Gasteiger partial charge in [0.15, 0.2) is 5.60 Å². The molecule has 4 heteroatoms. The van der Waals surface area contributed by atoms with E-state index >= 15 is 0 Å². The van der Waals surface area contributed by atoms with Crippen LogP contribution in [0.4, 0.5) is 0 Å². The van der Waals surface area contributed by atoms with Crippen LogP contribution >= 0.6 is 0 Å². The van der Waals surface area contributed by atoms with E-state index in [1.165, 1.54) is 0 Å². The molecular formula is C28H26O4. The second-order valence-corrected chi connectivity index (χ2v) is 8.16. The maximum Gasteiger partial charge on any atom is 0.340 e. The molecule has 1 aliphatic heterocycles. The van der Waals surface area contributed by atoms with Crippen molar-refractivity contribution in [2.45, 2.75) is 19.4 Å². The third-order valence-electron chi connectivity index (χ3n) is 5.26. The Kier molecular flexibility index (Phi) is 5.87. The maximum atomic E-state index is 12.8. The first-order valence-electron chi connectivity index (χ1n) is 10.5. The van der Waals surface area contributed by atoms with Crippen LogP contribution < -0.4 is 9.47 Å². The number of benzene rings is 3. The molecule has 0 N–H and O–H groups in total. The van der Waals surface area contributed by atoms with Crippen molar-refractivity contribution in [1.29, 1.82) is 0 Å². The molecule has 0 amide bonds. The minimum Gasteiger partial charge on any atom is -0.489 e. The van der Waals surface area contributed by atoms with Gasteiger partial charge in [-0.1, -0.05) is 55.6 Å². The van der Waals surface area contributed by atoms with Crippen molar-refractivity contribution in [2.75, 3.05) is 13.2 Å². The van der Waals surface area contributed by atoms with Crippen molar-refractivity contribution in [3.8, 4) is 11.5 Å². The minimum atomic E-state index is -1.05. The second-order valence-electron chi connectivity index (χ2n) is 8.16. The van der Waals surface area contributed by atoms with Crippen LogP contribution in [-0.4, -0.2) is 19.2 Å². The summed E-state index contributed by atoms with van der Waals surface area (Å²) in [5.41, 5.74) is 3.90. The van der Waals surface area contributed by atoms with E-state index < -0.39 is 5.60 Å². The maximum absolute atomic E-state index is 12.8. The summed E-state index contributed by atoms with van der Waals surface area (Å²) < 4.78 is 17.6. The quantitative estimate of drug-likeness (QED) is 0.324. The number of carbonyl (C=O) groups excluding carboxylic acids is 1. The molecule has 3 aromatic carbocycles. The highest BCUT2D eigenvalue weighted by molar-refractivity contribution is 5.96. The Morgan fingerprint density at radius 3 is 1.72 bits per heavy atom. The normalized spacial score (nSPS) is 13.8. The average molecular weight is 427 g/mol. The first kappa shape index (κ1) is 21.4. The Balaban J connectivity index is 1.77. The molecule has 1 aliphatic rings. The topological polar surface area (TPSA) is 44.8 Å². The molecule has 0 unspecified atom stereocenters. The molecule has 1 heterocycles. The van der Waals surface area contributed by atoms with Gasteiger partial charge in [0.1, 0.15) is 24.7 Å². The van der Waals surface area contributed by atoms with E-state index in [0.717, 1.165) is 39.3 Å². The smallest absolute Gasteiger partial charge is 0.340 e. The van der Waals surface area contributed by atoms with Crippen molar-refractivity contribution >= 4 is 5.97 Å². The molecule has 0 aliphatic carbocycles. The van der Waals surface area contributed by atoms with Crippen LogP contribution in [0.2, 0.25) is 0 Å². The van der Waals surface area contributed by atoms with Crippen LogP contribution in [-0.2, 0) is 10.3 Å². The fourth-order valence-corrected chi connectivity index (χ4v) is 3.80. The highest BCUT2D eigenvalue weighted by Gasteiger charge is 2.48. The summed E-state index contributed by atoms with van der Waals surface area (Å²) in [5, 5.41) is 0. The zero-order chi connectivity index (χ0) is 22.7. The standard InChI is InChI=1S/C28H26O4/c1-19(2)17-30-23-13-9-21(10-14-23)28(26-8-6-5-7-25(26)27(29)32-28)22-11-15-24(16-12-22)31-18-20(3)4/h5-16H,1,3,17-18H2,2,4H3. The van der Waals surface area contributed by atoms with Crippen LogP contribution in [0.1, 0.15) is 40.9 Å². The fourth-order valence-electron chi connectivity index (χ4n) is 3.80. The van der Waals surface area contributed by atoms with Gasteiger partial charge in [0.25, 0.3) is 0 Å². The van der Waals surface area contributed by atoms with Crippen molar-refractivity contribution in [3.63, 3.8) is 0 Å². The molecule has 4 rings (SSSR count). The molecule has 0 saturated heterocycles. The van der Waals surface area contributed by atoms with Crippen molar-refractivity contribution in [2.24, 2.45) is 0 Å². The van der Waals surface area contributed by atoms with E-state index in [2.05, 4.69) is 13.2 Å². The average Bonchev–Trinajstić information content (AvgIpc) is 3.10. The van der Waals surface area contributed by atoms with Gasteiger partial charge in [-0.3, -0.25) is 0 Å². The first-order valence-corrected chi connectivity index (χ1v) is 10.5. The SMILES string of the molecule is C=C(C)COc1ccc(C2(c3ccc(OCC(=C)C)cc3)OC(=O)c3ccccc32)cc1. The molecule has 4 nitrogen and oxygen atoms in total. The van der Waals surface area contributed by atoms with Crippen LogP contribution in [0.25, 0.3) is 0 Å². The van der Waals surface area contributed by atoms with Gasteiger partial charge < -0.3 is 14.2 Å². The van der Waals surface area contributed by atoms with Gasteiger partial charge in [0, 0.05) is 16.7 Å². The van der Waals surface area contributed by atoms with Gasteiger partial charge >= 0.3 is 5.97 Å². The highest BCUT2D eigenvalue weighted by atomic mass is 16.6. The highest BCUT2D eigenvalue weighted by Crippen LogP contribution is 2.47. The van der Waals surface area contributed by atoms with E-state index in [-0.39, 0.29) is 5.97 Å². The summed E-state index contributed by atoms with van der Waals surface area (Å²) >= 11 is 0. The molecule has 0 atom stereocenters. The number of ether oxygens (including phenoxy) is 3. The molecule has 0 radical (unpaired) electrons. The largest absolute Gasteiger partial charge is 0.489 e. The van der Waals surface area contributed by atoms with E-state index in [0.29, 0.717) is 18.8 Å². The first-order chi connectivity index (χ1) is 15.4. The van der Waals surface area contributed by atoms with Crippen molar-refractivity contribution in [3.05, 3.63) is 119 Å². The molecular weight excluding hydrogens is 400 g/mol. The van der Waals surface area contributed by atoms with Crippen LogP contribution in [0, 0.1) is 0 Å². The van der Waals surface area contributed by atoms with E-state index in [4.69, 9.17) is 14.2 Å². The third-order valence-corrected chi connectivity index (χ3v) is 5.26. The number of cyclic esters (lactones) is 1. The number of hydrogen-bond donors (Lipinski definition) is 0. The lowest BCUT2D eigenvalue weighted by Crippen LogP contribution is -2.29. The Hall–Kier alpha value is -3.79. The fraction of sp³-hybridized carbons (Fsp3) is 0.179. The third kappa shape index (κ3) is 4.04. The molecule has 0 spiro atoms. The summed E-state index contributed by atoms with van der Waals surface area (Å²) in [6, 6.07) is 22.8. The zero-order valence-electron chi connectivity index (χ0n) is 18.4. The summed E-state index contributed by atoms with van der Waals surface area (Å²) in [7, 11) is 0. The number of fused-ring (bicyclic) bond motifs is 1. The lowest BCUT2D eigenvalue weighted by Gasteiger charge is -2.30. The predicted octanol–water partition coefficient (Wildman–Crippen LogP) is 6.06. The molecule has 0 bridgehead atoms. The van der Waals surface area contributed by atoms with Gasteiger partial charge in [-0.05, 0) is 55.3 Å². The number of hydrogen-bond acceptors (Lipinski definition) is 4. The van der Waals surface area contributed by atoms with Crippen LogP contribution in [0.3, 0.4) is 0 Å². The van der Waals surface area contributed by atoms with Crippen LogP contribution in [0.15, 0.2) is 97.1 Å². The summed E-state index contributed by atoms with van der Waals surface area (Å²) in [6.07, 6.45) is 0. The van der Waals surface area contributed by atoms with Crippen molar-refractivity contribution in [1.82, 2.24) is 0 Å². The molecule has 32 heavy (non-hydrogen) atoms. The van der Waals surface area contributed by atoms with Crippen LogP contribution in [0.5, 0.6) is 11.5 Å². The summed E-state index contributed by atoms with van der Waals surface area (Å²) in [5.74, 6) is 1.12. The minimum absolute atomic E-state index is 0.342. The molecule has 0 fully saturated rings. The Morgan fingerprint density at radius 2 is 1.25 bits per heavy atom. The lowest BCUT2D eigenvalue weighted by atomic mass is 9.80. The van der Waals surface area contributed by atoms with Gasteiger partial charge in [-0.15, -0.1) is 0 Å². The predicted molar refractivity (Wildman–Crippen MR) is 125 cm³/mol. The lowest BCUT2D eigenvalue weighted by molar-refractivity contribution is 0.0251. The molecule has 162 valence electrons. The Morgan fingerprint density at radius 1 is 0.781 bits per heavy atom. The molecule has 0 aromatic heterocycles. The van der Waals surface area contributed by atoms with Gasteiger partial charge in [-0.2, -0.15) is 0 Å². The van der Waals surface area contributed by atoms with E-state index in [1.54, 1.807) is 6.07 Å². The number of rotatable bonds is 8.